The van der Waals surface area contributed by atoms with Crippen molar-refractivity contribution in [1.82, 2.24) is 14.9 Å². The fraction of sp³-hybridized carbons (Fsp3) is 0.421. The van der Waals surface area contributed by atoms with Crippen LogP contribution in [0.3, 0.4) is 0 Å². The minimum Gasteiger partial charge on any atom is -0.369 e. The molecule has 4 rings (SSSR count). The quantitative estimate of drug-likeness (QED) is 0.816. The molecule has 0 saturated carbocycles. The maximum absolute atomic E-state index is 13.4. The van der Waals surface area contributed by atoms with Gasteiger partial charge in [-0.05, 0) is 56.4 Å². The van der Waals surface area contributed by atoms with Crippen LogP contribution in [0.25, 0.3) is 0 Å². The van der Waals surface area contributed by atoms with Crippen LogP contribution < -0.4 is 11.3 Å². The van der Waals surface area contributed by atoms with Crippen molar-refractivity contribution in [3.05, 3.63) is 56.8 Å². The van der Waals surface area contributed by atoms with E-state index in [4.69, 9.17) is 5.73 Å². The molecular weight excluding hydrogens is 335 g/mol. The first kappa shape index (κ1) is 16.8. The van der Waals surface area contributed by atoms with Gasteiger partial charge < -0.3 is 10.6 Å². The SMILES string of the molecule is Cc1cc(C(=O)N2CCC3(CCc4c3nc(N)[nH]c4=O)CC2)ccc1F. The van der Waals surface area contributed by atoms with E-state index in [1.54, 1.807) is 17.9 Å². The summed E-state index contributed by atoms with van der Waals surface area (Å²) in [7, 11) is 0. The van der Waals surface area contributed by atoms with E-state index in [0.717, 1.165) is 30.5 Å². The van der Waals surface area contributed by atoms with Crippen molar-refractivity contribution in [1.29, 1.82) is 0 Å². The number of aryl methyl sites for hydroxylation is 1. The third-order valence-corrected chi connectivity index (χ3v) is 5.80. The highest BCUT2D eigenvalue weighted by molar-refractivity contribution is 5.94. The first-order chi connectivity index (χ1) is 12.4. The Bertz CT molecular complexity index is 945. The van der Waals surface area contributed by atoms with Crippen LogP contribution in [-0.4, -0.2) is 33.9 Å². The Morgan fingerprint density at radius 1 is 1.31 bits per heavy atom. The lowest BCUT2D eigenvalue weighted by atomic mass is 9.76. The molecule has 1 fully saturated rings. The van der Waals surface area contributed by atoms with E-state index in [1.165, 1.54) is 12.1 Å². The molecule has 2 heterocycles. The second-order valence-corrected chi connectivity index (χ2v) is 7.31. The van der Waals surface area contributed by atoms with E-state index < -0.39 is 0 Å². The summed E-state index contributed by atoms with van der Waals surface area (Å²) in [5.74, 6) is -0.245. The molecule has 7 heteroatoms. The van der Waals surface area contributed by atoms with Crippen molar-refractivity contribution >= 4 is 11.9 Å². The number of benzene rings is 1. The van der Waals surface area contributed by atoms with E-state index in [1.807, 2.05) is 0 Å². The molecule has 0 radical (unpaired) electrons. The number of carbonyl (C=O) groups excluding carboxylic acids is 1. The van der Waals surface area contributed by atoms with Crippen LogP contribution in [0, 0.1) is 12.7 Å². The zero-order valence-electron chi connectivity index (χ0n) is 14.6. The zero-order valence-corrected chi connectivity index (χ0v) is 14.6. The topological polar surface area (TPSA) is 92.1 Å². The molecule has 1 aliphatic carbocycles. The summed E-state index contributed by atoms with van der Waals surface area (Å²) < 4.78 is 13.4. The van der Waals surface area contributed by atoms with Crippen molar-refractivity contribution in [2.75, 3.05) is 18.8 Å². The number of amides is 1. The Morgan fingerprint density at radius 2 is 2.04 bits per heavy atom. The van der Waals surface area contributed by atoms with E-state index in [2.05, 4.69) is 9.97 Å². The van der Waals surface area contributed by atoms with Crippen LogP contribution in [0.2, 0.25) is 0 Å². The zero-order chi connectivity index (χ0) is 18.5. The van der Waals surface area contributed by atoms with E-state index in [-0.39, 0.29) is 28.6 Å². The number of halogens is 1. The fourth-order valence-electron chi connectivity index (χ4n) is 4.25. The summed E-state index contributed by atoms with van der Waals surface area (Å²) in [5, 5.41) is 0. The Kier molecular flexibility index (Phi) is 3.82. The minimum absolute atomic E-state index is 0.0837. The van der Waals surface area contributed by atoms with E-state index in [9.17, 15) is 14.0 Å². The number of piperidine rings is 1. The van der Waals surface area contributed by atoms with Gasteiger partial charge in [0.05, 0.1) is 5.69 Å². The summed E-state index contributed by atoms with van der Waals surface area (Å²) in [6, 6.07) is 4.45. The molecule has 0 unspecified atom stereocenters. The number of nitrogen functional groups attached to an aromatic ring is 1. The lowest BCUT2D eigenvalue weighted by molar-refractivity contribution is 0.0663. The molecule has 1 aromatic carbocycles. The number of fused-ring (bicyclic) bond motifs is 2. The van der Waals surface area contributed by atoms with Crippen molar-refractivity contribution in [2.45, 2.75) is 38.0 Å². The monoisotopic (exact) mass is 356 g/mol. The predicted molar refractivity (Wildman–Crippen MR) is 95.5 cm³/mol. The van der Waals surface area contributed by atoms with Gasteiger partial charge in [0, 0.05) is 29.6 Å². The molecule has 1 spiro atoms. The number of nitrogens with one attached hydrogen (secondary N) is 1. The third-order valence-electron chi connectivity index (χ3n) is 5.80. The van der Waals surface area contributed by atoms with Crippen LogP contribution in [0.4, 0.5) is 10.3 Å². The second-order valence-electron chi connectivity index (χ2n) is 7.31. The van der Waals surface area contributed by atoms with Crippen molar-refractivity contribution in [3.63, 3.8) is 0 Å². The van der Waals surface area contributed by atoms with Crippen molar-refractivity contribution in [3.8, 4) is 0 Å². The molecule has 26 heavy (non-hydrogen) atoms. The smallest absolute Gasteiger partial charge is 0.255 e. The molecule has 0 bridgehead atoms. The first-order valence-electron chi connectivity index (χ1n) is 8.84. The number of hydrogen-bond acceptors (Lipinski definition) is 4. The molecule has 1 amide bonds. The lowest BCUT2D eigenvalue weighted by Gasteiger charge is -2.39. The molecule has 1 aromatic heterocycles. The van der Waals surface area contributed by atoms with Gasteiger partial charge in [-0.2, -0.15) is 0 Å². The molecule has 1 aliphatic heterocycles. The highest BCUT2D eigenvalue weighted by Gasteiger charge is 2.44. The predicted octanol–water partition coefficient (Wildman–Crippen LogP) is 1.92. The number of aromatic nitrogens is 2. The van der Waals surface area contributed by atoms with Crippen LogP contribution >= 0.6 is 0 Å². The Balaban J connectivity index is 1.55. The van der Waals surface area contributed by atoms with Crippen molar-refractivity contribution in [2.24, 2.45) is 0 Å². The molecule has 136 valence electrons. The molecule has 2 aromatic rings. The Hall–Kier alpha value is -2.70. The van der Waals surface area contributed by atoms with Crippen LogP contribution in [-0.2, 0) is 11.8 Å². The third kappa shape index (κ3) is 2.58. The first-order valence-corrected chi connectivity index (χ1v) is 8.84. The Morgan fingerprint density at radius 3 is 2.73 bits per heavy atom. The van der Waals surface area contributed by atoms with Gasteiger partial charge in [0.15, 0.2) is 0 Å². The number of nitrogens with zero attached hydrogens (tertiary/aromatic N) is 2. The maximum atomic E-state index is 13.4. The standard InChI is InChI=1S/C19H21FN4O2/c1-11-10-12(2-3-14(11)20)17(26)24-8-6-19(7-9-24)5-4-13-15(19)22-18(21)23-16(13)25/h2-3,10H,4-9H2,1H3,(H3,21,22,23,25). The van der Waals surface area contributed by atoms with Crippen molar-refractivity contribution < 1.29 is 9.18 Å². The molecule has 3 N–H and O–H groups in total. The van der Waals surface area contributed by atoms with Gasteiger partial charge in [-0.3, -0.25) is 14.6 Å². The number of carbonyl (C=O) groups is 1. The lowest BCUT2D eigenvalue weighted by Crippen LogP contribution is -2.45. The highest BCUT2D eigenvalue weighted by Crippen LogP contribution is 2.44. The summed E-state index contributed by atoms with van der Waals surface area (Å²) in [6.07, 6.45) is 3.06. The maximum Gasteiger partial charge on any atom is 0.255 e. The molecule has 6 nitrogen and oxygen atoms in total. The van der Waals surface area contributed by atoms with Gasteiger partial charge >= 0.3 is 0 Å². The number of nitrogens with two attached hydrogens (primary N) is 1. The fourth-order valence-corrected chi connectivity index (χ4v) is 4.25. The number of rotatable bonds is 1. The number of aromatic amines is 1. The molecule has 1 saturated heterocycles. The van der Waals surface area contributed by atoms with Crippen LogP contribution in [0.1, 0.15) is 46.4 Å². The summed E-state index contributed by atoms with van der Waals surface area (Å²) in [4.78, 5) is 33.6. The van der Waals surface area contributed by atoms with Gasteiger partial charge in [-0.15, -0.1) is 0 Å². The number of anilines is 1. The summed E-state index contributed by atoms with van der Waals surface area (Å²) in [6.45, 7) is 2.83. The van der Waals surface area contributed by atoms with E-state index >= 15 is 0 Å². The minimum atomic E-state index is -0.310. The van der Waals surface area contributed by atoms with Gasteiger partial charge in [-0.1, -0.05) is 0 Å². The molecular formula is C19H21FN4O2. The number of hydrogen-bond donors (Lipinski definition) is 2. The van der Waals surface area contributed by atoms with Gasteiger partial charge in [0.2, 0.25) is 5.95 Å². The van der Waals surface area contributed by atoms with Crippen LogP contribution in [0.5, 0.6) is 0 Å². The average Bonchev–Trinajstić information content (AvgIpc) is 2.96. The summed E-state index contributed by atoms with van der Waals surface area (Å²) in [5.41, 5.74) is 7.93. The average molecular weight is 356 g/mol. The normalized spacial score (nSPS) is 18.2. The number of H-pyrrole nitrogens is 1. The molecule has 0 atom stereocenters. The second kappa shape index (κ2) is 5.93. The molecule has 2 aliphatic rings. The number of likely N-dealkylation sites (tertiary alicyclic amines) is 1. The Labute approximate surface area is 150 Å². The largest absolute Gasteiger partial charge is 0.369 e. The van der Waals surface area contributed by atoms with Crippen LogP contribution in [0.15, 0.2) is 23.0 Å². The highest BCUT2D eigenvalue weighted by atomic mass is 19.1. The van der Waals surface area contributed by atoms with Gasteiger partial charge in [0.1, 0.15) is 5.82 Å². The van der Waals surface area contributed by atoms with Gasteiger partial charge in [-0.25, -0.2) is 9.37 Å². The van der Waals surface area contributed by atoms with Gasteiger partial charge in [0.25, 0.3) is 11.5 Å². The summed E-state index contributed by atoms with van der Waals surface area (Å²) >= 11 is 0. The van der Waals surface area contributed by atoms with E-state index in [0.29, 0.717) is 30.6 Å².